The molecule has 0 amide bonds. The van der Waals surface area contributed by atoms with E-state index in [1.165, 1.54) is 5.56 Å². The molecule has 0 saturated carbocycles. The van der Waals surface area contributed by atoms with Crippen LogP contribution >= 0.6 is 45.2 Å². The van der Waals surface area contributed by atoms with Crippen molar-refractivity contribution in [3.63, 3.8) is 0 Å². The highest BCUT2D eigenvalue weighted by atomic mass is 127. The second kappa shape index (κ2) is 6.69. The molecule has 0 unspecified atom stereocenters. The van der Waals surface area contributed by atoms with E-state index in [0.717, 1.165) is 24.7 Å². The quantitative estimate of drug-likeness (QED) is 0.475. The number of aryl methyl sites for hydroxylation is 1. The third-order valence-corrected chi connectivity index (χ3v) is 4.22. The van der Waals surface area contributed by atoms with Crippen molar-refractivity contribution in [2.45, 2.75) is 13.5 Å². The first-order valence-electron chi connectivity index (χ1n) is 5.72. The predicted molar refractivity (Wildman–Crippen MR) is 92.8 cm³/mol. The normalized spacial score (nSPS) is 10.3. The Labute approximate surface area is 139 Å². The van der Waals surface area contributed by atoms with Crippen molar-refractivity contribution in [3.05, 3.63) is 60.2 Å². The summed E-state index contributed by atoms with van der Waals surface area (Å²) in [6.45, 7) is 2.60. The Hall–Kier alpha value is -0.630. The first kappa shape index (κ1) is 14.8. The number of halogens is 2. The van der Waals surface area contributed by atoms with Crippen LogP contribution in [0.15, 0.2) is 36.4 Å². The molecule has 2 rings (SSSR count). The maximum absolute atomic E-state index is 10.8. The van der Waals surface area contributed by atoms with E-state index in [9.17, 15) is 4.79 Å². The fourth-order valence-electron chi connectivity index (χ4n) is 1.74. The van der Waals surface area contributed by atoms with Gasteiger partial charge in [0.2, 0.25) is 0 Å². The molecule has 0 bridgehead atoms. The smallest absolute Gasteiger partial charge is 0.150 e. The second-order valence-electron chi connectivity index (χ2n) is 4.21. The molecular weight excluding hydrogens is 466 g/mol. The molecule has 0 aliphatic carbocycles. The van der Waals surface area contributed by atoms with E-state index < -0.39 is 0 Å². The lowest BCUT2D eigenvalue weighted by molar-refractivity contribution is 0.112. The van der Waals surface area contributed by atoms with Crippen LogP contribution in [-0.4, -0.2) is 6.29 Å². The van der Waals surface area contributed by atoms with Gasteiger partial charge in [-0.05, 0) is 69.8 Å². The Morgan fingerprint density at radius 1 is 1.16 bits per heavy atom. The topological polar surface area (TPSA) is 26.3 Å². The summed E-state index contributed by atoms with van der Waals surface area (Å²) < 4.78 is 7.79. The van der Waals surface area contributed by atoms with Crippen LogP contribution in [0.1, 0.15) is 21.5 Å². The lowest BCUT2D eigenvalue weighted by Gasteiger charge is -2.11. The zero-order chi connectivity index (χ0) is 13.8. The second-order valence-corrected chi connectivity index (χ2v) is 6.53. The lowest BCUT2D eigenvalue weighted by atomic mass is 10.1. The Balaban J connectivity index is 2.18. The maximum Gasteiger partial charge on any atom is 0.150 e. The molecule has 4 heteroatoms. The Bertz CT molecular complexity index is 586. The third-order valence-electron chi connectivity index (χ3n) is 2.62. The zero-order valence-electron chi connectivity index (χ0n) is 10.3. The largest absolute Gasteiger partial charge is 0.487 e. The molecule has 2 nitrogen and oxygen atoms in total. The van der Waals surface area contributed by atoms with Crippen LogP contribution in [-0.2, 0) is 6.61 Å². The first-order valence-corrected chi connectivity index (χ1v) is 7.88. The highest BCUT2D eigenvalue weighted by Crippen LogP contribution is 2.29. The van der Waals surface area contributed by atoms with Crippen LogP contribution < -0.4 is 4.74 Å². The van der Waals surface area contributed by atoms with E-state index in [2.05, 4.69) is 64.2 Å². The number of carbonyl (C=O) groups excluding carboxylic acids is 1. The van der Waals surface area contributed by atoms with Crippen LogP contribution in [0.25, 0.3) is 0 Å². The van der Waals surface area contributed by atoms with E-state index in [-0.39, 0.29) is 0 Å². The van der Waals surface area contributed by atoms with E-state index in [1.807, 2.05) is 24.3 Å². The van der Waals surface area contributed by atoms with Gasteiger partial charge in [-0.15, -0.1) is 0 Å². The van der Waals surface area contributed by atoms with Crippen molar-refractivity contribution in [2.75, 3.05) is 0 Å². The Kier molecular flexibility index (Phi) is 5.20. The average Bonchev–Trinajstić information content (AvgIpc) is 2.37. The summed E-state index contributed by atoms with van der Waals surface area (Å²) in [7, 11) is 0. The average molecular weight is 478 g/mol. The van der Waals surface area contributed by atoms with E-state index in [1.54, 1.807) is 0 Å². The lowest BCUT2D eigenvalue weighted by Crippen LogP contribution is -2.00. The predicted octanol–water partition coefficient (Wildman–Crippen LogP) is 4.60. The molecule has 0 atom stereocenters. The van der Waals surface area contributed by atoms with Crippen LogP contribution in [0.4, 0.5) is 0 Å². The molecule has 0 aliphatic heterocycles. The van der Waals surface area contributed by atoms with Gasteiger partial charge in [0.05, 0.1) is 7.14 Å². The van der Waals surface area contributed by atoms with Crippen molar-refractivity contribution in [1.82, 2.24) is 0 Å². The van der Waals surface area contributed by atoms with Gasteiger partial charge < -0.3 is 4.74 Å². The van der Waals surface area contributed by atoms with Gasteiger partial charge in [-0.2, -0.15) is 0 Å². The Morgan fingerprint density at radius 2 is 1.84 bits per heavy atom. The SMILES string of the molecule is Cc1cccc(COc2c(I)cc(C=O)cc2I)c1. The fraction of sp³-hybridized carbons (Fsp3) is 0.133. The molecule has 2 aromatic carbocycles. The highest BCUT2D eigenvalue weighted by molar-refractivity contribution is 14.1. The van der Waals surface area contributed by atoms with Crippen molar-refractivity contribution in [1.29, 1.82) is 0 Å². The van der Waals surface area contributed by atoms with Crippen molar-refractivity contribution in [2.24, 2.45) is 0 Å². The first-order chi connectivity index (χ1) is 9.10. The van der Waals surface area contributed by atoms with Crippen LogP contribution in [0.2, 0.25) is 0 Å². The standard InChI is InChI=1S/C15H12I2O2/c1-10-3-2-4-11(5-10)9-19-15-13(16)6-12(8-18)7-14(15)17/h2-8H,9H2,1H3. The van der Waals surface area contributed by atoms with Crippen LogP contribution in [0.5, 0.6) is 5.75 Å². The molecule has 98 valence electrons. The number of rotatable bonds is 4. The maximum atomic E-state index is 10.8. The summed E-state index contributed by atoms with van der Waals surface area (Å²) >= 11 is 4.39. The molecule has 0 aliphatic rings. The molecule has 0 N–H and O–H groups in total. The van der Waals surface area contributed by atoms with Crippen molar-refractivity contribution in [3.8, 4) is 5.75 Å². The minimum Gasteiger partial charge on any atom is -0.487 e. The van der Waals surface area contributed by atoms with Crippen molar-refractivity contribution < 1.29 is 9.53 Å². The zero-order valence-corrected chi connectivity index (χ0v) is 14.6. The van der Waals surface area contributed by atoms with E-state index in [0.29, 0.717) is 12.2 Å². The van der Waals surface area contributed by atoms with Gasteiger partial charge in [-0.25, -0.2) is 0 Å². The van der Waals surface area contributed by atoms with Gasteiger partial charge in [-0.1, -0.05) is 29.8 Å². The summed E-state index contributed by atoms with van der Waals surface area (Å²) in [4.78, 5) is 10.8. The van der Waals surface area contributed by atoms with E-state index in [4.69, 9.17) is 4.74 Å². The number of hydrogen-bond acceptors (Lipinski definition) is 2. The molecule has 19 heavy (non-hydrogen) atoms. The molecule has 2 aromatic rings. The van der Waals surface area contributed by atoms with E-state index >= 15 is 0 Å². The molecule has 0 fully saturated rings. The molecule has 0 saturated heterocycles. The molecule has 0 aromatic heterocycles. The molecular formula is C15H12I2O2. The molecule has 0 heterocycles. The Morgan fingerprint density at radius 3 is 2.42 bits per heavy atom. The summed E-state index contributed by atoms with van der Waals surface area (Å²) in [6, 6.07) is 11.9. The summed E-state index contributed by atoms with van der Waals surface area (Å²) in [5.41, 5.74) is 3.05. The van der Waals surface area contributed by atoms with Gasteiger partial charge in [0, 0.05) is 5.56 Å². The fourth-order valence-corrected chi connectivity index (χ4v) is 3.87. The number of ether oxygens (including phenoxy) is 1. The summed E-state index contributed by atoms with van der Waals surface area (Å²) in [6.07, 6.45) is 0.856. The van der Waals surface area contributed by atoms with Gasteiger partial charge in [0.25, 0.3) is 0 Å². The van der Waals surface area contributed by atoms with Crippen molar-refractivity contribution >= 4 is 51.5 Å². The minimum atomic E-state index is 0.536. The van der Waals surface area contributed by atoms with Gasteiger partial charge >= 0.3 is 0 Å². The number of aldehydes is 1. The summed E-state index contributed by atoms with van der Waals surface area (Å²) in [5, 5.41) is 0. The number of hydrogen-bond donors (Lipinski definition) is 0. The number of benzene rings is 2. The van der Waals surface area contributed by atoms with Gasteiger partial charge in [0.1, 0.15) is 18.6 Å². The highest BCUT2D eigenvalue weighted by Gasteiger charge is 2.09. The number of carbonyl (C=O) groups is 1. The summed E-state index contributed by atoms with van der Waals surface area (Å²) in [5.74, 6) is 0.841. The van der Waals surface area contributed by atoms with Crippen LogP contribution in [0.3, 0.4) is 0 Å². The molecule has 0 spiro atoms. The van der Waals surface area contributed by atoms with Crippen LogP contribution in [0, 0.1) is 14.1 Å². The minimum absolute atomic E-state index is 0.536. The van der Waals surface area contributed by atoms with Gasteiger partial charge in [0.15, 0.2) is 0 Å². The monoisotopic (exact) mass is 478 g/mol. The van der Waals surface area contributed by atoms with Gasteiger partial charge in [-0.3, -0.25) is 4.79 Å². The third kappa shape index (κ3) is 3.92. The molecule has 0 radical (unpaired) electrons.